The zero-order valence-electron chi connectivity index (χ0n) is 27.1. The lowest BCUT2D eigenvalue weighted by molar-refractivity contribution is -0.134. The van der Waals surface area contributed by atoms with Gasteiger partial charge in [-0.2, -0.15) is 0 Å². The smallest absolute Gasteiger partial charge is 0.328 e. The van der Waals surface area contributed by atoms with E-state index >= 15 is 0 Å². The number of hydrogen-bond donors (Lipinski definition) is 5. The summed E-state index contributed by atoms with van der Waals surface area (Å²) < 4.78 is 0. The van der Waals surface area contributed by atoms with Gasteiger partial charge in [-0.3, -0.25) is 14.5 Å². The minimum absolute atomic E-state index is 0. The van der Waals surface area contributed by atoms with Crippen LogP contribution in [-0.4, -0.2) is 92.4 Å². The molecule has 2 heterocycles. The molecule has 14 heteroatoms. The standard InChI is InChI=1S/C31H33N5O3.C4H4O4.2H2O/c1-32-29(37)24-10-6-9-23(15-24)20-36-30(38)28(34-31(36)39)17-22-11-12-27-26(16-22)25(18-33-27)13-14-35(2)19-21-7-4-3-5-8-21;5-3(6)1-2-4(7)8;;/h3-12,15-16,18,28,33H,13-14,17,19-20H2,1-2H3,(H,32,37)(H,34,39);1-2H,(H,5,6)(H,7,8);2*1H2/b;2-1-;;. The van der Waals surface area contributed by atoms with Crippen molar-refractivity contribution in [1.29, 1.82) is 0 Å². The maximum atomic E-state index is 13.2. The van der Waals surface area contributed by atoms with Crippen LogP contribution in [0.1, 0.15) is 32.6 Å². The number of aromatic amines is 1. The molecule has 1 unspecified atom stereocenters. The molecule has 9 N–H and O–H groups in total. The minimum atomic E-state index is -1.26. The van der Waals surface area contributed by atoms with Crippen LogP contribution in [0.5, 0.6) is 0 Å². The van der Waals surface area contributed by atoms with Crippen molar-refractivity contribution in [2.75, 3.05) is 20.6 Å². The maximum Gasteiger partial charge on any atom is 0.328 e. The van der Waals surface area contributed by atoms with Crippen molar-refractivity contribution in [3.8, 4) is 0 Å². The molecule has 0 aliphatic carbocycles. The quantitative estimate of drug-likeness (QED) is 0.110. The number of H-pyrrole nitrogens is 1. The molecule has 4 aromatic rings. The normalized spacial score (nSPS) is 13.7. The van der Waals surface area contributed by atoms with Crippen molar-refractivity contribution in [2.45, 2.75) is 32.0 Å². The molecule has 1 aliphatic rings. The van der Waals surface area contributed by atoms with E-state index in [0.717, 1.165) is 41.5 Å². The summed E-state index contributed by atoms with van der Waals surface area (Å²) >= 11 is 0. The summed E-state index contributed by atoms with van der Waals surface area (Å²) in [5, 5.41) is 22.2. The second-order valence-corrected chi connectivity index (χ2v) is 11.1. The molecule has 14 nitrogen and oxygen atoms in total. The lowest BCUT2D eigenvalue weighted by Crippen LogP contribution is -2.32. The van der Waals surface area contributed by atoms with Gasteiger partial charge >= 0.3 is 18.0 Å². The Morgan fingerprint density at radius 1 is 0.898 bits per heavy atom. The molecule has 1 aliphatic heterocycles. The zero-order chi connectivity index (χ0) is 33.9. The molecular formula is C35H41N5O9. The topological polar surface area (TPSA) is 235 Å². The lowest BCUT2D eigenvalue weighted by atomic mass is 10.0. The molecule has 1 aromatic heterocycles. The van der Waals surface area contributed by atoms with Gasteiger partial charge < -0.3 is 41.7 Å². The number of likely N-dealkylation sites (N-methyl/N-ethyl adjacent to an activating group) is 1. The van der Waals surface area contributed by atoms with Gasteiger partial charge in [0.25, 0.3) is 11.8 Å². The Hall–Kier alpha value is -5.83. The minimum Gasteiger partial charge on any atom is -0.478 e. The first-order valence-corrected chi connectivity index (χ1v) is 14.9. The van der Waals surface area contributed by atoms with Crippen molar-refractivity contribution < 1.29 is 45.1 Å². The Balaban J connectivity index is 0.000000745. The Labute approximate surface area is 282 Å². The number of carbonyl (C=O) groups excluding carboxylic acids is 3. The highest BCUT2D eigenvalue weighted by Crippen LogP contribution is 2.23. The van der Waals surface area contributed by atoms with Gasteiger partial charge in [0.15, 0.2) is 0 Å². The number of nitrogens with one attached hydrogen (secondary N) is 3. The number of fused-ring (bicyclic) bond motifs is 1. The van der Waals surface area contributed by atoms with E-state index < -0.39 is 24.0 Å². The fraction of sp³-hybridized carbons (Fsp3) is 0.229. The molecule has 0 bridgehead atoms. The number of amides is 4. The van der Waals surface area contributed by atoms with Crippen molar-refractivity contribution in [3.05, 3.63) is 119 Å². The monoisotopic (exact) mass is 675 g/mol. The Morgan fingerprint density at radius 2 is 1.57 bits per heavy atom. The number of rotatable bonds is 12. The van der Waals surface area contributed by atoms with E-state index in [1.54, 1.807) is 31.3 Å². The van der Waals surface area contributed by atoms with Crippen LogP contribution >= 0.6 is 0 Å². The molecule has 1 saturated heterocycles. The summed E-state index contributed by atoms with van der Waals surface area (Å²) in [6.07, 6.45) is 4.48. The van der Waals surface area contributed by atoms with Crippen molar-refractivity contribution in [3.63, 3.8) is 0 Å². The fourth-order valence-electron chi connectivity index (χ4n) is 5.23. The van der Waals surface area contributed by atoms with E-state index in [0.29, 0.717) is 24.1 Å². The second kappa shape index (κ2) is 18.5. The SMILES string of the molecule is CNC(=O)c1cccc(CN2C(=O)NC(Cc3ccc4[nH]cc(CCN(C)Cc5ccccc5)c4c3)C2=O)c1.O.O.O=C(O)/C=C\C(=O)O. The average Bonchev–Trinajstić information content (AvgIpc) is 3.58. The van der Waals surface area contributed by atoms with Crippen LogP contribution in [0.4, 0.5) is 4.79 Å². The summed E-state index contributed by atoms with van der Waals surface area (Å²) in [5.74, 6) is -2.99. The van der Waals surface area contributed by atoms with Crippen LogP contribution < -0.4 is 10.6 Å². The van der Waals surface area contributed by atoms with Crippen molar-refractivity contribution in [1.82, 2.24) is 25.4 Å². The highest BCUT2D eigenvalue weighted by atomic mass is 16.4. The Kier molecular flexibility index (Phi) is 14.9. The number of imide groups is 1. The zero-order valence-corrected chi connectivity index (χ0v) is 27.1. The van der Waals surface area contributed by atoms with E-state index in [-0.39, 0.29) is 29.3 Å². The van der Waals surface area contributed by atoms with E-state index in [1.165, 1.54) is 16.0 Å². The number of benzene rings is 3. The summed E-state index contributed by atoms with van der Waals surface area (Å²) in [7, 11) is 3.69. The Morgan fingerprint density at radius 3 is 2.22 bits per heavy atom. The number of carboxylic acids is 2. The number of aromatic nitrogens is 1. The lowest BCUT2D eigenvalue weighted by Gasteiger charge is -2.16. The number of carboxylic acid groups (broad SMARTS) is 2. The molecule has 4 amide bonds. The summed E-state index contributed by atoms with van der Waals surface area (Å²) in [4.78, 5) is 63.8. The third-order valence-corrected chi connectivity index (χ3v) is 7.56. The third kappa shape index (κ3) is 11.1. The molecule has 5 rings (SSSR count). The van der Waals surface area contributed by atoms with Gasteiger partial charge in [0.1, 0.15) is 6.04 Å². The predicted octanol–water partition coefficient (Wildman–Crippen LogP) is 1.93. The second-order valence-electron chi connectivity index (χ2n) is 11.1. The maximum absolute atomic E-state index is 13.2. The number of aliphatic carboxylic acids is 2. The van der Waals surface area contributed by atoms with E-state index in [1.807, 2.05) is 18.2 Å². The molecule has 0 saturated carbocycles. The largest absolute Gasteiger partial charge is 0.478 e. The summed E-state index contributed by atoms with van der Waals surface area (Å²) in [5.41, 5.74) is 5.77. The average molecular weight is 676 g/mol. The van der Waals surface area contributed by atoms with Crippen LogP contribution in [0.3, 0.4) is 0 Å². The third-order valence-electron chi connectivity index (χ3n) is 7.56. The van der Waals surface area contributed by atoms with Crippen molar-refractivity contribution in [2.24, 2.45) is 0 Å². The number of carbonyl (C=O) groups is 5. The first-order chi connectivity index (χ1) is 22.5. The molecule has 1 fully saturated rings. The predicted molar refractivity (Wildman–Crippen MR) is 183 cm³/mol. The molecule has 0 spiro atoms. The molecule has 260 valence electrons. The Bertz CT molecular complexity index is 1770. The van der Waals surface area contributed by atoms with Gasteiger partial charge in [0.2, 0.25) is 0 Å². The number of nitrogens with zero attached hydrogens (tertiary/aromatic N) is 2. The molecule has 3 aromatic carbocycles. The molecule has 1 atom stereocenters. The summed E-state index contributed by atoms with van der Waals surface area (Å²) in [6, 6.07) is 22.5. The first-order valence-electron chi connectivity index (χ1n) is 14.9. The fourth-order valence-corrected chi connectivity index (χ4v) is 5.23. The van der Waals surface area contributed by atoms with Gasteiger partial charge in [0.05, 0.1) is 6.54 Å². The van der Waals surface area contributed by atoms with Crippen LogP contribution in [0.2, 0.25) is 0 Å². The van der Waals surface area contributed by atoms with E-state index in [4.69, 9.17) is 10.2 Å². The van der Waals surface area contributed by atoms with E-state index in [2.05, 4.69) is 64.1 Å². The molecular weight excluding hydrogens is 634 g/mol. The van der Waals surface area contributed by atoms with Crippen LogP contribution in [0.25, 0.3) is 10.9 Å². The highest BCUT2D eigenvalue weighted by Gasteiger charge is 2.37. The van der Waals surface area contributed by atoms with Gasteiger partial charge in [-0.15, -0.1) is 0 Å². The van der Waals surface area contributed by atoms with Crippen LogP contribution in [0, 0.1) is 0 Å². The number of urea groups is 1. The molecule has 49 heavy (non-hydrogen) atoms. The van der Waals surface area contributed by atoms with Gasteiger partial charge in [-0.25, -0.2) is 14.4 Å². The highest BCUT2D eigenvalue weighted by molar-refractivity contribution is 6.04. The van der Waals surface area contributed by atoms with Crippen LogP contribution in [-0.2, 0) is 40.3 Å². The van der Waals surface area contributed by atoms with Gasteiger partial charge in [0, 0.05) is 61.4 Å². The summed E-state index contributed by atoms with van der Waals surface area (Å²) in [6.45, 7) is 1.92. The van der Waals surface area contributed by atoms with Gasteiger partial charge in [-0.05, 0) is 60.0 Å². The first kappa shape index (κ1) is 39.3. The van der Waals surface area contributed by atoms with Crippen LogP contribution in [0.15, 0.2) is 91.1 Å². The molecule has 0 radical (unpaired) electrons. The van der Waals surface area contributed by atoms with Crippen molar-refractivity contribution >= 4 is 40.7 Å². The van der Waals surface area contributed by atoms with E-state index in [9.17, 15) is 24.0 Å². The number of hydrogen-bond acceptors (Lipinski definition) is 6. The van der Waals surface area contributed by atoms with Gasteiger partial charge in [-0.1, -0.05) is 48.5 Å².